The van der Waals surface area contributed by atoms with Crippen molar-refractivity contribution in [1.82, 2.24) is 15.5 Å². The molecule has 0 saturated carbocycles. The van der Waals surface area contributed by atoms with E-state index in [1.165, 1.54) is 12.1 Å². The fourth-order valence-electron chi connectivity index (χ4n) is 2.80. The second kappa shape index (κ2) is 6.91. The Labute approximate surface area is 157 Å². The van der Waals surface area contributed by atoms with Crippen molar-refractivity contribution in [2.75, 3.05) is 0 Å². The van der Waals surface area contributed by atoms with Gasteiger partial charge in [0, 0.05) is 11.4 Å². The molecule has 0 bridgehead atoms. The average Bonchev–Trinajstić information content (AvgIpc) is 3.05. The van der Waals surface area contributed by atoms with Gasteiger partial charge >= 0.3 is 6.36 Å². The molecule has 4 rings (SSSR count). The summed E-state index contributed by atoms with van der Waals surface area (Å²) in [5, 5.41) is 7.64. The third kappa shape index (κ3) is 4.08. The minimum Gasteiger partial charge on any atom is -0.444 e. The third-order valence-electron chi connectivity index (χ3n) is 4.02. The van der Waals surface area contributed by atoms with E-state index >= 15 is 0 Å². The topological polar surface area (TPSA) is 62.9 Å². The van der Waals surface area contributed by atoms with E-state index in [4.69, 9.17) is 4.42 Å². The van der Waals surface area contributed by atoms with Crippen LogP contribution in [0, 0.1) is 6.92 Å². The number of fused-ring (bicyclic) bond motifs is 1. The van der Waals surface area contributed by atoms with Crippen LogP contribution in [0.25, 0.3) is 17.3 Å². The molecule has 0 unspecified atom stereocenters. The summed E-state index contributed by atoms with van der Waals surface area (Å²) in [5.74, 6) is 1.02. The predicted molar refractivity (Wildman–Crippen MR) is 93.7 cm³/mol. The van der Waals surface area contributed by atoms with E-state index in [1.807, 2.05) is 31.3 Å². The third-order valence-corrected chi connectivity index (χ3v) is 4.02. The van der Waals surface area contributed by atoms with Gasteiger partial charge in [0.15, 0.2) is 0 Å². The van der Waals surface area contributed by atoms with Crippen LogP contribution < -0.4 is 20.8 Å². The van der Waals surface area contributed by atoms with Gasteiger partial charge in [-0.3, -0.25) is 5.01 Å². The van der Waals surface area contributed by atoms with Gasteiger partial charge < -0.3 is 9.15 Å². The maximum Gasteiger partial charge on any atom is 0.573 e. The summed E-state index contributed by atoms with van der Waals surface area (Å²) in [6, 6.07) is 11.3. The highest BCUT2D eigenvalue weighted by atomic mass is 19.4. The molecule has 0 radical (unpaired) electrons. The molecule has 2 heterocycles. The summed E-state index contributed by atoms with van der Waals surface area (Å²) in [5.41, 5.74) is 4.51. The second-order valence-electron chi connectivity index (χ2n) is 6.18. The summed E-state index contributed by atoms with van der Waals surface area (Å²) < 4.78 is 46.2. The van der Waals surface area contributed by atoms with E-state index in [0.29, 0.717) is 12.4 Å². The van der Waals surface area contributed by atoms with Crippen LogP contribution in [0.15, 0.2) is 58.2 Å². The van der Waals surface area contributed by atoms with Crippen LogP contribution >= 0.6 is 0 Å². The van der Waals surface area contributed by atoms with E-state index < -0.39 is 6.36 Å². The van der Waals surface area contributed by atoms with Gasteiger partial charge in [0.1, 0.15) is 18.1 Å². The van der Waals surface area contributed by atoms with Crippen LogP contribution in [0.5, 0.6) is 5.75 Å². The second-order valence-corrected chi connectivity index (χ2v) is 6.18. The van der Waals surface area contributed by atoms with Gasteiger partial charge in [-0.1, -0.05) is 18.2 Å². The van der Waals surface area contributed by atoms with Gasteiger partial charge in [0.2, 0.25) is 5.89 Å². The highest BCUT2D eigenvalue weighted by Gasteiger charge is 2.30. The molecule has 0 fully saturated rings. The first-order chi connectivity index (χ1) is 13.4. The summed E-state index contributed by atoms with van der Waals surface area (Å²) in [4.78, 5) is 4.16. The Morgan fingerprint density at radius 1 is 1.11 bits per heavy atom. The minimum absolute atomic E-state index is 0.257. The van der Waals surface area contributed by atoms with Crippen molar-refractivity contribution in [3.05, 3.63) is 70.9 Å². The Bertz CT molecular complexity index is 1110. The van der Waals surface area contributed by atoms with Crippen LogP contribution in [0.2, 0.25) is 0 Å². The molecule has 0 spiro atoms. The highest BCUT2D eigenvalue weighted by molar-refractivity contribution is 5.64. The van der Waals surface area contributed by atoms with Crippen LogP contribution in [0.3, 0.4) is 0 Å². The largest absolute Gasteiger partial charge is 0.573 e. The Kier molecular flexibility index (Phi) is 4.42. The van der Waals surface area contributed by atoms with Crippen molar-refractivity contribution in [3.8, 4) is 16.9 Å². The van der Waals surface area contributed by atoms with Gasteiger partial charge in [-0.2, -0.15) is 5.10 Å². The number of rotatable bonds is 4. The lowest BCUT2D eigenvalue weighted by atomic mass is 10.0. The van der Waals surface area contributed by atoms with Crippen LogP contribution in [-0.2, 0) is 6.54 Å². The molecule has 2 aromatic carbocycles. The fraction of sp³-hybridized carbons (Fsp3) is 0.158. The van der Waals surface area contributed by atoms with E-state index in [0.717, 1.165) is 27.5 Å². The first-order valence-corrected chi connectivity index (χ1v) is 8.35. The number of ether oxygens (including phenoxy) is 1. The van der Waals surface area contributed by atoms with Crippen LogP contribution in [0.4, 0.5) is 13.2 Å². The molecular weight excluding hydrogens is 373 g/mol. The number of alkyl halides is 3. The minimum atomic E-state index is -4.71. The number of aromatic nitrogens is 1. The monoisotopic (exact) mass is 388 g/mol. The predicted octanol–water partition coefficient (Wildman–Crippen LogP) is 2.84. The lowest BCUT2D eigenvalue weighted by Crippen LogP contribution is -2.42. The molecule has 1 aliphatic heterocycles. The number of hydrogen-bond donors (Lipinski definition) is 1. The van der Waals surface area contributed by atoms with E-state index in [9.17, 15) is 13.2 Å². The number of nitrogens with one attached hydrogen (secondary N) is 1. The molecule has 28 heavy (non-hydrogen) atoms. The molecule has 3 aromatic rings. The molecular formula is C19H15F3N4O2. The number of aryl methyl sites for hydroxylation is 1. The van der Waals surface area contributed by atoms with Crippen molar-refractivity contribution in [1.29, 1.82) is 0 Å². The molecule has 1 aliphatic rings. The maximum atomic E-state index is 12.3. The number of hydrazine groups is 1. The van der Waals surface area contributed by atoms with Gasteiger partial charge in [-0.15, -0.1) is 13.2 Å². The van der Waals surface area contributed by atoms with E-state index in [-0.39, 0.29) is 5.75 Å². The molecule has 9 heteroatoms. The van der Waals surface area contributed by atoms with E-state index in [2.05, 4.69) is 20.4 Å². The average molecular weight is 388 g/mol. The van der Waals surface area contributed by atoms with Crippen molar-refractivity contribution in [2.45, 2.75) is 19.8 Å². The van der Waals surface area contributed by atoms with Crippen LogP contribution in [-0.4, -0.2) is 16.4 Å². The van der Waals surface area contributed by atoms with Crippen molar-refractivity contribution in [2.24, 2.45) is 5.10 Å². The molecule has 0 atom stereocenters. The first kappa shape index (κ1) is 17.9. The van der Waals surface area contributed by atoms with Gasteiger partial charge in [-0.25, -0.2) is 10.5 Å². The lowest BCUT2D eigenvalue weighted by molar-refractivity contribution is -0.274. The Morgan fingerprint density at radius 2 is 1.86 bits per heavy atom. The number of halogens is 3. The molecule has 1 aromatic heterocycles. The van der Waals surface area contributed by atoms with E-state index in [1.54, 1.807) is 23.3 Å². The molecule has 1 N–H and O–H groups in total. The first-order valence-electron chi connectivity index (χ1n) is 8.35. The van der Waals surface area contributed by atoms with Crippen molar-refractivity contribution in [3.63, 3.8) is 0 Å². The fourth-order valence-corrected chi connectivity index (χ4v) is 2.80. The van der Waals surface area contributed by atoms with Gasteiger partial charge in [0.25, 0.3) is 0 Å². The van der Waals surface area contributed by atoms with Gasteiger partial charge in [-0.05, 0) is 42.3 Å². The molecule has 0 amide bonds. The molecule has 6 nitrogen and oxygen atoms in total. The summed E-state index contributed by atoms with van der Waals surface area (Å²) in [6.45, 7) is 2.21. The van der Waals surface area contributed by atoms with Gasteiger partial charge in [0.05, 0.1) is 11.6 Å². The standard InChI is InChI=1S/C19H15F3N4O2/c1-12-9-23-18(27-12)11-26-10-15-8-14(4-7-17(15)24-25-26)13-2-5-16(6-3-13)28-19(20,21)22/h2-10,25H,11H2,1H3. The van der Waals surface area contributed by atoms with Crippen LogP contribution in [0.1, 0.15) is 11.7 Å². The normalized spacial score (nSPS) is 13.2. The van der Waals surface area contributed by atoms with Crippen molar-refractivity contribution >= 4 is 6.20 Å². The number of oxazole rings is 1. The lowest BCUT2D eigenvalue weighted by Gasteiger charge is -2.20. The quantitative estimate of drug-likeness (QED) is 0.745. The maximum absolute atomic E-state index is 12.3. The SMILES string of the molecule is Cc1cnc(CN2C=c3cc(-c4ccc(OC(F)(F)F)cc4)ccc3=NN2)o1. The summed E-state index contributed by atoms with van der Waals surface area (Å²) in [6.07, 6.45) is -1.19. The zero-order valence-corrected chi connectivity index (χ0v) is 14.7. The molecule has 0 saturated heterocycles. The molecule has 0 aliphatic carbocycles. The Morgan fingerprint density at radius 3 is 2.54 bits per heavy atom. The zero-order chi connectivity index (χ0) is 19.7. The number of hydrogen-bond acceptors (Lipinski definition) is 6. The highest BCUT2D eigenvalue weighted by Crippen LogP contribution is 2.25. The summed E-state index contributed by atoms with van der Waals surface area (Å²) in [7, 11) is 0. The zero-order valence-electron chi connectivity index (χ0n) is 14.7. The number of nitrogens with zero attached hydrogens (tertiary/aromatic N) is 3. The molecule has 144 valence electrons. The van der Waals surface area contributed by atoms with Crippen molar-refractivity contribution < 1.29 is 22.3 Å². The number of benzene rings is 2. The Hall–Kier alpha value is -3.49. The summed E-state index contributed by atoms with van der Waals surface area (Å²) >= 11 is 0. The Balaban J connectivity index is 1.58. The smallest absolute Gasteiger partial charge is 0.444 e.